The molecule has 102 valence electrons. The van der Waals surface area contributed by atoms with Crippen LogP contribution in [0.4, 0.5) is 16.2 Å². The van der Waals surface area contributed by atoms with Crippen LogP contribution in [0.5, 0.6) is 5.75 Å². The van der Waals surface area contributed by atoms with Crippen LogP contribution < -0.4 is 15.4 Å². The fraction of sp³-hybridized carbons (Fsp3) is 0.188. The van der Waals surface area contributed by atoms with Crippen molar-refractivity contribution in [1.29, 1.82) is 0 Å². The van der Waals surface area contributed by atoms with E-state index in [1.807, 2.05) is 48.5 Å². The Balaban J connectivity index is 1.73. The molecule has 4 nitrogen and oxygen atoms in total. The molecule has 0 atom stereocenters. The summed E-state index contributed by atoms with van der Waals surface area (Å²) in [6, 6.07) is 14.9. The highest BCUT2D eigenvalue weighted by Crippen LogP contribution is 2.32. The van der Waals surface area contributed by atoms with Gasteiger partial charge >= 0.3 is 6.03 Å². The minimum Gasteiger partial charge on any atom is -0.491 e. The number of carbonyl (C=O) groups is 1. The first-order valence-electron chi connectivity index (χ1n) is 6.71. The van der Waals surface area contributed by atoms with E-state index in [-0.39, 0.29) is 6.03 Å². The molecule has 0 bridgehead atoms. The molecule has 2 N–H and O–H groups in total. The average Bonchev–Trinajstić information content (AvgIpc) is 2.48. The van der Waals surface area contributed by atoms with Gasteiger partial charge in [-0.15, -0.1) is 0 Å². The highest BCUT2D eigenvalue weighted by atomic mass is 16.5. The van der Waals surface area contributed by atoms with E-state index in [9.17, 15) is 4.79 Å². The fourth-order valence-electron chi connectivity index (χ4n) is 2.29. The third kappa shape index (κ3) is 2.74. The van der Waals surface area contributed by atoms with Crippen molar-refractivity contribution < 1.29 is 9.53 Å². The molecule has 2 amide bonds. The normalized spacial score (nSPS) is 13.0. The molecule has 0 spiro atoms. The summed E-state index contributed by atoms with van der Waals surface area (Å²) < 4.78 is 5.66. The first kappa shape index (κ1) is 12.5. The quantitative estimate of drug-likeness (QED) is 0.873. The number of fused-ring (bicyclic) bond motifs is 1. The smallest absolute Gasteiger partial charge is 0.323 e. The predicted octanol–water partition coefficient (Wildman–Crippen LogP) is 3.66. The first-order valence-corrected chi connectivity index (χ1v) is 6.71. The molecule has 0 radical (unpaired) electrons. The molecule has 2 aromatic carbocycles. The summed E-state index contributed by atoms with van der Waals surface area (Å²) in [5.74, 6) is 0.793. The van der Waals surface area contributed by atoms with E-state index in [4.69, 9.17) is 4.74 Å². The summed E-state index contributed by atoms with van der Waals surface area (Å²) in [4.78, 5) is 12.0. The van der Waals surface area contributed by atoms with Gasteiger partial charge in [0.25, 0.3) is 0 Å². The van der Waals surface area contributed by atoms with Crippen molar-refractivity contribution in [2.24, 2.45) is 0 Å². The Labute approximate surface area is 117 Å². The average molecular weight is 268 g/mol. The summed E-state index contributed by atoms with van der Waals surface area (Å²) in [6.45, 7) is 0.700. The van der Waals surface area contributed by atoms with Crippen molar-refractivity contribution in [2.45, 2.75) is 12.8 Å². The van der Waals surface area contributed by atoms with Crippen LogP contribution in [0.3, 0.4) is 0 Å². The summed E-state index contributed by atoms with van der Waals surface area (Å²) in [7, 11) is 0. The van der Waals surface area contributed by atoms with Crippen LogP contribution in [0.1, 0.15) is 12.0 Å². The van der Waals surface area contributed by atoms with Gasteiger partial charge in [0.2, 0.25) is 0 Å². The minimum atomic E-state index is -0.265. The second kappa shape index (κ2) is 5.65. The van der Waals surface area contributed by atoms with Crippen LogP contribution >= 0.6 is 0 Å². The van der Waals surface area contributed by atoms with E-state index < -0.39 is 0 Å². The van der Waals surface area contributed by atoms with Gasteiger partial charge in [-0.2, -0.15) is 0 Å². The van der Waals surface area contributed by atoms with Crippen LogP contribution in [-0.4, -0.2) is 12.6 Å². The molecule has 1 aliphatic rings. The lowest BCUT2D eigenvalue weighted by Gasteiger charge is -2.20. The van der Waals surface area contributed by atoms with Gasteiger partial charge in [-0.1, -0.05) is 30.3 Å². The van der Waals surface area contributed by atoms with E-state index in [2.05, 4.69) is 10.6 Å². The van der Waals surface area contributed by atoms with Crippen molar-refractivity contribution in [3.8, 4) is 5.75 Å². The van der Waals surface area contributed by atoms with Crippen molar-refractivity contribution in [1.82, 2.24) is 0 Å². The number of urea groups is 1. The Kier molecular flexibility index (Phi) is 3.54. The fourth-order valence-corrected chi connectivity index (χ4v) is 2.29. The molecule has 0 aromatic heterocycles. The molecular formula is C16H16N2O2. The maximum Gasteiger partial charge on any atom is 0.323 e. The number of amides is 2. The zero-order valence-electron chi connectivity index (χ0n) is 11.1. The molecule has 2 aromatic rings. The molecule has 20 heavy (non-hydrogen) atoms. The van der Waals surface area contributed by atoms with Crippen molar-refractivity contribution in [3.63, 3.8) is 0 Å². The van der Waals surface area contributed by atoms with Gasteiger partial charge in [0.05, 0.1) is 12.3 Å². The van der Waals surface area contributed by atoms with E-state index in [1.165, 1.54) is 0 Å². The summed E-state index contributed by atoms with van der Waals surface area (Å²) in [5.41, 5.74) is 2.63. The molecule has 0 saturated carbocycles. The number of hydrogen-bond acceptors (Lipinski definition) is 2. The summed E-state index contributed by atoms with van der Waals surface area (Å²) in [6.07, 6.45) is 2.01. The highest BCUT2D eigenvalue weighted by Gasteiger charge is 2.15. The standard InChI is InChI=1S/C16H16N2O2/c19-16(17-13-8-2-1-3-9-13)18-14-10-4-6-12-7-5-11-20-15(12)14/h1-4,6,8-10H,5,7,11H2,(H2,17,18,19). The highest BCUT2D eigenvalue weighted by molar-refractivity contribution is 6.00. The Bertz CT molecular complexity index is 611. The van der Waals surface area contributed by atoms with Gasteiger partial charge in [-0.3, -0.25) is 0 Å². The van der Waals surface area contributed by atoms with Crippen molar-refractivity contribution in [2.75, 3.05) is 17.2 Å². The van der Waals surface area contributed by atoms with Gasteiger partial charge in [0.15, 0.2) is 0 Å². The lowest BCUT2D eigenvalue weighted by molar-refractivity contribution is 0.261. The van der Waals surface area contributed by atoms with E-state index in [0.29, 0.717) is 6.61 Å². The Hall–Kier alpha value is -2.49. The number of para-hydroxylation sites is 2. The zero-order chi connectivity index (χ0) is 13.8. The molecular weight excluding hydrogens is 252 g/mol. The number of aryl methyl sites for hydroxylation is 1. The molecule has 0 unspecified atom stereocenters. The SMILES string of the molecule is O=C(Nc1ccccc1)Nc1cccc2c1OCCC2. The van der Waals surface area contributed by atoms with Crippen molar-refractivity contribution >= 4 is 17.4 Å². The minimum absolute atomic E-state index is 0.265. The lowest BCUT2D eigenvalue weighted by atomic mass is 10.1. The topological polar surface area (TPSA) is 50.4 Å². The maximum atomic E-state index is 12.0. The van der Waals surface area contributed by atoms with Gasteiger partial charge in [-0.05, 0) is 36.6 Å². The molecule has 3 rings (SSSR count). The first-order chi connectivity index (χ1) is 9.83. The number of anilines is 2. The van der Waals surface area contributed by atoms with Gasteiger partial charge in [-0.25, -0.2) is 4.79 Å². The lowest BCUT2D eigenvalue weighted by Crippen LogP contribution is -2.21. The third-order valence-corrected chi connectivity index (χ3v) is 3.21. The number of rotatable bonds is 2. The molecule has 1 aliphatic heterocycles. The van der Waals surface area contributed by atoms with E-state index in [0.717, 1.165) is 35.5 Å². The third-order valence-electron chi connectivity index (χ3n) is 3.21. The van der Waals surface area contributed by atoms with E-state index >= 15 is 0 Å². The van der Waals surface area contributed by atoms with Crippen molar-refractivity contribution in [3.05, 3.63) is 54.1 Å². The molecule has 0 aliphatic carbocycles. The van der Waals surface area contributed by atoms with Gasteiger partial charge in [0.1, 0.15) is 5.75 Å². The number of ether oxygens (including phenoxy) is 1. The maximum absolute atomic E-state index is 12.0. The second-order valence-corrected chi connectivity index (χ2v) is 4.69. The number of benzene rings is 2. The van der Waals surface area contributed by atoms with E-state index in [1.54, 1.807) is 0 Å². The zero-order valence-corrected chi connectivity index (χ0v) is 11.1. The van der Waals surface area contributed by atoms with Gasteiger partial charge in [0, 0.05) is 5.69 Å². The Morgan fingerprint density at radius 3 is 2.70 bits per heavy atom. The van der Waals surface area contributed by atoms with Crippen LogP contribution in [0.2, 0.25) is 0 Å². The number of hydrogen-bond donors (Lipinski definition) is 2. The van der Waals surface area contributed by atoms with Crippen LogP contribution in [-0.2, 0) is 6.42 Å². The van der Waals surface area contributed by atoms with Crippen LogP contribution in [0.25, 0.3) is 0 Å². The summed E-state index contributed by atoms with van der Waals surface area (Å²) in [5, 5.41) is 5.64. The molecule has 4 heteroatoms. The number of carbonyl (C=O) groups excluding carboxylic acids is 1. The Morgan fingerprint density at radius 2 is 1.85 bits per heavy atom. The Morgan fingerprint density at radius 1 is 1.00 bits per heavy atom. The predicted molar refractivity (Wildman–Crippen MR) is 79.3 cm³/mol. The second-order valence-electron chi connectivity index (χ2n) is 4.69. The largest absolute Gasteiger partial charge is 0.491 e. The molecule has 0 saturated heterocycles. The molecule has 1 heterocycles. The van der Waals surface area contributed by atoms with Gasteiger partial charge < -0.3 is 15.4 Å². The summed E-state index contributed by atoms with van der Waals surface area (Å²) >= 11 is 0. The van der Waals surface area contributed by atoms with Crippen LogP contribution in [0.15, 0.2) is 48.5 Å². The number of nitrogens with one attached hydrogen (secondary N) is 2. The monoisotopic (exact) mass is 268 g/mol. The molecule has 0 fully saturated rings. The van der Waals surface area contributed by atoms with Crippen LogP contribution in [0, 0.1) is 0 Å².